The number of benzene rings is 2. The topological polar surface area (TPSA) is 12.0 Å². The molecule has 2 aromatic rings. The Morgan fingerprint density at radius 1 is 1.11 bits per heavy atom. The molecule has 0 heterocycles. The van der Waals surface area contributed by atoms with E-state index in [9.17, 15) is 4.39 Å². The molecule has 1 N–H and O–H groups in total. The normalized spacial score (nSPS) is 10.7. The summed E-state index contributed by atoms with van der Waals surface area (Å²) in [6, 6.07) is 10.1. The van der Waals surface area contributed by atoms with Crippen molar-refractivity contribution in [3.63, 3.8) is 0 Å². The largest absolute Gasteiger partial charge is 0.316 e. The second-order valence-electron chi connectivity index (χ2n) is 3.93. The minimum atomic E-state index is -0.262. The zero-order valence-corrected chi connectivity index (χ0v) is 11.3. The third-order valence-electron chi connectivity index (χ3n) is 2.68. The van der Waals surface area contributed by atoms with Crippen molar-refractivity contribution < 1.29 is 4.39 Å². The van der Waals surface area contributed by atoms with Crippen LogP contribution < -0.4 is 5.32 Å². The first-order valence-electron chi connectivity index (χ1n) is 5.51. The van der Waals surface area contributed by atoms with Gasteiger partial charge in [0.25, 0.3) is 0 Å². The van der Waals surface area contributed by atoms with Crippen molar-refractivity contribution in [2.75, 3.05) is 7.05 Å². The van der Waals surface area contributed by atoms with Crippen molar-refractivity contribution in [1.82, 2.24) is 5.32 Å². The first-order chi connectivity index (χ1) is 8.63. The molecule has 0 aliphatic rings. The molecule has 18 heavy (non-hydrogen) atoms. The molecule has 4 heteroatoms. The van der Waals surface area contributed by atoms with E-state index in [1.54, 1.807) is 12.1 Å². The highest BCUT2D eigenvalue weighted by molar-refractivity contribution is 6.43. The Morgan fingerprint density at radius 3 is 2.61 bits per heavy atom. The number of halogens is 3. The van der Waals surface area contributed by atoms with Crippen molar-refractivity contribution in [3.8, 4) is 11.1 Å². The highest BCUT2D eigenvalue weighted by Crippen LogP contribution is 2.35. The molecule has 94 valence electrons. The predicted molar refractivity (Wildman–Crippen MR) is 74.6 cm³/mol. The lowest BCUT2D eigenvalue weighted by Crippen LogP contribution is -2.07. The number of hydrogen-bond acceptors (Lipinski definition) is 1. The second kappa shape index (κ2) is 5.70. The zero-order valence-electron chi connectivity index (χ0n) is 9.81. The quantitative estimate of drug-likeness (QED) is 0.873. The lowest BCUT2D eigenvalue weighted by atomic mass is 9.99. The molecule has 0 unspecified atom stereocenters. The molecule has 0 bridgehead atoms. The van der Waals surface area contributed by atoms with Crippen LogP contribution in [0.25, 0.3) is 11.1 Å². The average molecular weight is 284 g/mol. The average Bonchev–Trinajstić information content (AvgIpc) is 2.34. The predicted octanol–water partition coefficient (Wildman–Crippen LogP) is 4.52. The molecule has 0 fully saturated rings. The van der Waals surface area contributed by atoms with Gasteiger partial charge >= 0.3 is 0 Å². The number of nitrogens with one attached hydrogen (secondary N) is 1. The van der Waals surface area contributed by atoms with Crippen molar-refractivity contribution in [2.24, 2.45) is 0 Å². The van der Waals surface area contributed by atoms with Gasteiger partial charge in [0.05, 0.1) is 10.0 Å². The molecule has 1 nitrogen and oxygen atoms in total. The minimum Gasteiger partial charge on any atom is -0.316 e. The van der Waals surface area contributed by atoms with Gasteiger partial charge in [-0.25, -0.2) is 4.39 Å². The highest BCUT2D eigenvalue weighted by Gasteiger charge is 2.11. The molecule has 2 aromatic carbocycles. The maximum absolute atomic E-state index is 13.3. The van der Waals surface area contributed by atoms with E-state index >= 15 is 0 Å². The van der Waals surface area contributed by atoms with Gasteiger partial charge in [-0.3, -0.25) is 0 Å². The number of hydrogen-bond donors (Lipinski definition) is 1. The lowest BCUT2D eigenvalue weighted by molar-refractivity contribution is 0.624. The summed E-state index contributed by atoms with van der Waals surface area (Å²) in [4.78, 5) is 0. The van der Waals surface area contributed by atoms with E-state index in [-0.39, 0.29) is 5.82 Å². The summed E-state index contributed by atoms with van der Waals surface area (Å²) in [7, 11) is 1.81. The molecule has 0 atom stereocenters. The Balaban J connectivity index is 2.59. The van der Waals surface area contributed by atoms with Crippen LogP contribution in [0.1, 0.15) is 5.56 Å². The van der Waals surface area contributed by atoms with Crippen LogP contribution in [0.4, 0.5) is 4.39 Å². The summed E-state index contributed by atoms with van der Waals surface area (Å²) < 4.78 is 13.3. The van der Waals surface area contributed by atoms with Gasteiger partial charge < -0.3 is 5.32 Å². The van der Waals surface area contributed by atoms with Crippen LogP contribution in [-0.4, -0.2) is 7.05 Å². The standard InChI is InChI=1S/C14H12Cl2FN/c1-18-8-9-7-10(17)5-6-11(9)12-3-2-4-13(15)14(12)16/h2-7,18H,8H2,1H3. The van der Waals surface area contributed by atoms with Crippen LogP contribution in [0.2, 0.25) is 10.0 Å². The van der Waals surface area contributed by atoms with E-state index in [0.717, 1.165) is 16.7 Å². The molecule has 0 aliphatic heterocycles. The van der Waals surface area contributed by atoms with Gasteiger partial charge in [0.2, 0.25) is 0 Å². The second-order valence-corrected chi connectivity index (χ2v) is 4.72. The Kier molecular flexibility index (Phi) is 4.23. The molecular formula is C14H12Cl2FN. The van der Waals surface area contributed by atoms with Crippen molar-refractivity contribution in [3.05, 3.63) is 57.8 Å². The van der Waals surface area contributed by atoms with E-state index in [4.69, 9.17) is 23.2 Å². The summed E-state index contributed by atoms with van der Waals surface area (Å²) >= 11 is 12.2. The fourth-order valence-electron chi connectivity index (χ4n) is 1.87. The van der Waals surface area contributed by atoms with Crippen LogP contribution in [-0.2, 0) is 6.54 Å². The summed E-state index contributed by atoms with van der Waals surface area (Å²) in [5.74, 6) is -0.262. The Bertz CT molecular complexity index is 570. The van der Waals surface area contributed by atoms with Gasteiger partial charge in [-0.1, -0.05) is 41.4 Å². The Hall–Kier alpha value is -1.09. The van der Waals surface area contributed by atoms with Crippen LogP contribution in [0.3, 0.4) is 0 Å². The summed E-state index contributed by atoms with van der Waals surface area (Å²) in [6.45, 7) is 0.565. The van der Waals surface area contributed by atoms with Crippen molar-refractivity contribution in [2.45, 2.75) is 6.54 Å². The van der Waals surface area contributed by atoms with Crippen LogP contribution in [0, 0.1) is 5.82 Å². The maximum Gasteiger partial charge on any atom is 0.123 e. The van der Waals surface area contributed by atoms with Gasteiger partial charge in [0.1, 0.15) is 5.82 Å². The van der Waals surface area contributed by atoms with Crippen LogP contribution in [0.15, 0.2) is 36.4 Å². The van der Waals surface area contributed by atoms with Gasteiger partial charge in [-0.05, 0) is 36.4 Å². The molecule has 0 radical (unpaired) electrons. The lowest BCUT2D eigenvalue weighted by Gasteiger charge is -2.12. The monoisotopic (exact) mass is 283 g/mol. The SMILES string of the molecule is CNCc1cc(F)ccc1-c1cccc(Cl)c1Cl. The van der Waals surface area contributed by atoms with E-state index in [2.05, 4.69) is 5.32 Å². The maximum atomic E-state index is 13.3. The summed E-state index contributed by atoms with van der Waals surface area (Å²) in [6.07, 6.45) is 0. The Labute approximate surface area is 116 Å². The fourth-order valence-corrected chi connectivity index (χ4v) is 2.28. The van der Waals surface area contributed by atoms with Gasteiger partial charge in [0.15, 0.2) is 0 Å². The fraction of sp³-hybridized carbons (Fsp3) is 0.143. The Morgan fingerprint density at radius 2 is 1.89 bits per heavy atom. The third-order valence-corrected chi connectivity index (χ3v) is 3.50. The van der Waals surface area contributed by atoms with Gasteiger partial charge in [0, 0.05) is 12.1 Å². The van der Waals surface area contributed by atoms with Gasteiger partial charge in [-0.2, -0.15) is 0 Å². The molecular weight excluding hydrogens is 272 g/mol. The first kappa shape index (κ1) is 13.3. The molecule has 0 aromatic heterocycles. The van der Waals surface area contributed by atoms with Crippen molar-refractivity contribution >= 4 is 23.2 Å². The van der Waals surface area contributed by atoms with Gasteiger partial charge in [-0.15, -0.1) is 0 Å². The molecule has 0 saturated heterocycles. The third kappa shape index (κ3) is 2.66. The van der Waals surface area contributed by atoms with Crippen LogP contribution in [0.5, 0.6) is 0 Å². The minimum absolute atomic E-state index is 0.262. The molecule has 0 saturated carbocycles. The van der Waals surface area contributed by atoms with E-state index in [1.165, 1.54) is 12.1 Å². The molecule has 0 spiro atoms. The van der Waals surface area contributed by atoms with E-state index in [0.29, 0.717) is 16.6 Å². The molecule has 0 aliphatic carbocycles. The van der Waals surface area contributed by atoms with Crippen molar-refractivity contribution in [1.29, 1.82) is 0 Å². The summed E-state index contributed by atoms with van der Waals surface area (Å²) in [5.41, 5.74) is 2.55. The summed E-state index contributed by atoms with van der Waals surface area (Å²) in [5, 5.41) is 4.00. The highest BCUT2D eigenvalue weighted by atomic mass is 35.5. The van der Waals surface area contributed by atoms with Crippen LogP contribution >= 0.6 is 23.2 Å². The smallest absolute Gasteiger partial charge is 0.123 e. The zero-order chi connectivity index (χ0) is 13.1. The van der Waals surface area contributed by atoms with E-state index in [1.807, 2.05) is 19.2 Å². The molecule has 2 rings (SSSR count). The number of rotatable bonds is 3. The molecule has 0 amide bonds. The van der Waals surface area contributed by atoms with E-state index < -0.39 is 0 Å². The first-order valence-corrected chi connectivity index (χ1v) is 6.26.